The fraction of sp³-hybridized carbons (Fsp3) is 0.600. The quantitative estimate of drug-likeness (QED) is 0.808. The van der Waals surface area contributed by atoms with Gasteiger partial charge in [-0.2, -0.15) is 0 Å². The summed E-state index contributed by atoms with van der Waals surface area (Å²) in [5, 5.41) is 0. The van der Waals surface area contributed by atoms with E-state index in [1.807, 2.05) is 0 Å². The molecule has 1 fully saturated rings. The van der Waals surface area contributed by atoms with Crippen LogP contribution in [0.25, 0.3) is 0 Å². The van der Waals surface area contributed by atoms with E-state index in [-0.39, 0.29) is 0 Å². The van der Waals surface area contributed by atoms with Crippen LogP contribution >= 0.6 is 0 Å². The Bertz CT molecular complexity index is 370. The summed E-state index contributed by atoms with van der Waals surface area (Å²) in [6.07, 6.45) is 3.72. The topological polar surface area (TPSA) is 26.0 Å². The average Bonchev–Trinajstić information content (AvgIpc) is 2.55. The molecule has 0 spiro atoms. The molecular weight excluding hydrogens is 194 g/mol. The molecule has 1 heteroatoms. The van der Waals surface area contributed by atoms with Gasteiger partial charge >= 0.3 is 0 Å². The maximum absolute atomic E-state index is 6.09. The Morgan fingerprint density at radius 2 is 2.00 bits per heavy atom. The molecule has 1 aromatic rings. The smallest absolute Gasteiger partial charge is 0.00673 e. The van der Waals surface area contributed by atoms with Gasteiger partial charge in [0.2, 0.25) is 0 Å². The van der Waals surface area contributed by atoms with Crippen molar-refractivity contribution in [3.05, 3.63) is 34.9 Å². The molecule has 2 rings (SSSR count). The summed E-state index contributed by atoms with van der Waals surface area (Å²) in [5.41, 5.74) is 10.4. The zero-order valence-corrected chi connectivity index (χ0v) is 10.7. The summed E-state index contributed by atoms with van der Waals surface area (Å²) in [6.45, 7) is 6.70. The van der Waals surface area contributed by atoms with Crippen LogP contribution in [0.4, 0.5) is 0 Å². The minimum absolute atomic E-state index is 0.426. The lowest BCUT2D eigenvalue weighted by Gasteiger charge is -2.19. The third-order valence-electron chi connectivity index (χ3n) is 4.28. The van der Waals surface area contributed by atoms with Crippen LogP contribution in [-0.4, -0.2) is 6.04 Å². The number of hydrogen-bond acceptors (Lipinski definition) is 1. The Morgan fingerprint density at radius 3 is 2.62 bits per heavy atom. The normalized spacial score (nSPS) is 29.6. The zero-order chi connectivity index (χ0) is 11.7. The van der Waals surface area contributed by atoms with Crippen LogP contribution in [0.5, 0.6) is 0 Å². The molecule has 1 saturated carbocycles. The highest BCUT2D eigenvalue weighted by atomic mass is 14.7. The van der Waals surface area contributed by atoms with Crippen molar-refractivity contribution in [3.63, 3.8) is 0 Å². The number of nitrogens with two attached hydrogens (primary N) is 1. The van der Waals surface area contributed by atoms with Gasteiger partial charge in [0.15, 0.2) is 0 Å². The van der Waals surface area contributed by atoms with Crippen LogP contribution in [-0.2, 0) is 6.42 Å². The van der Waals surface area contributed by atoms with Gasteiger partial charge in [0.1, 0.15) is 0 Å². The van der Waals surface area contributed by atoms with Gasteiger partial charge < -0.3 is 5.73 Å². The molecule has 0 saturated heterocycles. The van der Waals surface area contributed by atoms with Crippen LogP contribution in [0.2, 0.25) is 0 Å². The lowest BCUT2D eigenvalue weighted by Crippen LogP contribution is -2.25. The summed E-state index contributed by atoms with van der Waals surface area (Å²) >= 11 is 0. The zero-order valence-electron chi connectivity index (χ0n) is 10.7. The minimum Gasteiger partial charge on any atom is -0.327 e. The van der Waals surface area contributed by atoms with Gasteiger partial charge in [-0.05, 0) is 56.1 Å². The van der Waals surface area contributed by atoms with Gasteiger partial charge in [0, 0.05) is 6.04 Å². The van der Waals surface area contributed by atoms with Gasteiger partial charge in [0.25, 0.3) is 0 Å². The van der Waals surface area contributed by atoms with E-state index in [2.05, 4.69) is 39.0 Å². The molecule has 1 aliphatic rings. The minimum atomic E-state index is 0.426. The average molecular weight is 217 g/mol. The number of benzene rings is 1. The summed E-state index contributed by atoms with van der Waals surface area (Å²) < 4.78 is 0. The maximum Gasteiger partial charge on any atom is 0.00673 e. The molecule has 0 heterocycles. The Balaban J connectivity index is 2.12. The fourth-order valence-electron chi connectivity index (χ4n) is 2.87. The van der Waals surface area contributed by atoms with Crippen LogP contribution in [0.1, 0.15) is 36.5 Å². The van der Waals surface area contributed by atoms with Crippen LogP contribution < -0.4 is 5.73 Å². The maximum atomic E-state index is 6.09. The lowest BCUT2D eigenvalue weighted by molar-refractivity contribution is 0.390. The van der Waals surface area contributed by atoms with Gasteiger partial charge in [-0.3, -0.25) is 0 Å². The summed E-state index contributed by atoms with van der Waals surface area (Å²) in [6, 6.07) is 7.20. The molecule has 88 valence electrons. The molecular formula is C15H23N. The fourth-order valence-corrected chi connectivity index (χ4v) is 2.87. The predicted molar refractivity (Wildman–Crippen MR) is 69.5 cm³/mol. The van der Waals surface area contributed by atoms with Crippen molar-refractivity contribution >= 4 is 0 Å². The molecule has 0 aromatic heterocycles. The van der Waals surface area contributed by atoms with Gasteiger partial charge in [-0.1, -0.05) is 30.7 Å². The van der Waals surface area contributed by atoms with E-state index >= 15 is 0 Å². The van der Waals surface area contributed by atoms with E-state index in [1.165, 1.54) is 36.0 Å². The van der Waals surface area contributed by atoms with Crippen LogP contribution in [0.3, 0.4) is 0 Å². The van der Waals surface area contributed by atoms with E-state index in [0.29, 0.717) is 12.0 Å². The molecule has 1 aromatic carbocycles. The molecule has 0 bridgehead atoms. The first-order chi connectivity index (χ1) is 7.58. The Kier molecular flexibility index (Phi) is 3.34. The number of hydrogen-bond donors (Lipinski definition) is 1. The summed E-state index contributed by atoms with van der Waals surface area (Å²) in [5.74, 6) is 1.47. The molecule has 0 amide bonds. The molecule has 2 N–H and O–H groups in total. The van der Waals surface area contributed by atoms with Crippen molar-refractivity contribution in [1.82, 2.24) is 0 Å². The second kappa shape index (κ2) is 4.58. The van der Waals surface area contributed by atoms with Crippen molar-refractivity contribution in [2.45, 2.75) is 46.1 Å². The molecule has 1 aliphatic carbocycles. The van der Waals surface area contributed by atoms with Crippen LogP contribution in [0, 0.1) is 25.7 Å². The SMILES string of the molecule is Cc1ccc(C)c(CC2CCC(N)C2C)c1. The molecule has 3 atom stereocenters. The van der Waals surface area contributed by atoms with Crippen molar-refractivity contribution in [2.24, 2.45) is 17.6 Å². The van der Waals surface area contributed by atoms with Gasteiger partial charge in [-0.25, -0.2) is 0 Å². The molecule has 1 nitrogen and oxygen atoms in total. The molecule has 3 unspecified atom stereocenters. The monoisotopic (exact) mass is 217 g/mol. The highest BCUT2D eigenvalue weighted by molar-refractivity contribution is 5.31. The highest BCUT2D eigenvalue weighted by Crippen LogP contribution is 2.33. The van der Waals surface area contributed by atoms with Crippen molar-refractivity contribution < 1.29 is 0 Å². The predicted octanol–water partition coefficient (Wildman–Crippen LogP) is 3.22. The van der Waals surface area contributed by atoms with Crippen molar-refractivity contribution in [3.8, 4) is 0 Å². The molecule has 0 radical (unpaired) electrons. The summed E-state index contributed by atoms with van der Waals surface area (Å²) in [7, 11) is 0. The first-order valence-electron chi connectivity index (χ1n) is 6.39. The van der Waals surface area contributed by atoms with Crippen molar-refractivity contribution in [2.75, 3.05) is 0 Å². The van der Waals surface area contributed by atoms with Crippen molar-refractivity contribution in [1.29, 1.82) is 0 Å². The van der Waals surface area contributed by atoms with Gasteiger partial charge in [-0.15, -0.1) is 0 Å². The highest BCUT2D eigenvalue weighted by Gasteiger charge is 2.30. The first-order valence-corrected chi connectivity index (χ1v) is 6.39. The van der Waals surface area contributed by atoms with E-state index in [0.717, 1.165) is 5.92 Å². The summed E-state index contributed by atoms with van der Waals surface area (Å²) in [4.78, 5) is 0. The van der Waals surface area contributed by atoms with E-state index < -0.39 is 0 Å². The molecule has 16 heavy (non-hydrogen) atoms. The number of rotatable bonds is 2. The van der Waals surface area contributed by atoms with E-state index in [9.17, 15) is 0 Å². The molecule has 0 aliphatic heterocycles. The first kappa shape index (κ1) is 11.7. The van der Waals surface area contributed by atoms with E-state index in [1.54, 1.807) is 0 Å². The van der Waals surface area contributed by atoms with E-state index in [4.69, 9.17) is 5.73 Å². The largest absolute Gasteiger partial charge is 0.327 e. The Hall–Kier alpha value is -0.820. The Morgan fingerprint density at radius 1 is 1.25 bits per heavy atom. The second-order valence-corrected chi connectivity index (χ2v) is 5.49. The standard InChI is InChI=1S/C15H23N/c1-10-4-5-11(2)14(8-10)9-13-6-7-15(16)12(13)3/h4-5,8,12-13,15H,6-7,9,16H2,1-3H3. The third kappa shape index (κ3) is 2.30. The van der Waals surface area contributed by atoms with Gasteiger partial charge in [0.05, 0.1) is 0 Å². The third-order valence-corrected chi connectivity index (χ3v) is 4.28. The Labute approximate surface area is 99.0 Å². The van der Waals surface area contributed by atoms with Crippen LogP contribution in [0.15, 0.2) is 18.2 Å². The lowest BCUT2D eigenvalue weighted by atomic mass is 9.88. The second-order valence-electron chi connectivity index (χ2n) is 5.49. The number of aryl methyl sites for hydroxylation is 2.